The minimum absolute atomic E-state index is 0.194. The van der Waals surface area contributed by atoms with Crippen molar-refractivity contribution < 1.29 is 9.90 Å². The zero-order valence-electron chi connectivity index (χ0n) is 16.7. The molecule has 2 saturated heterocycles. The van der Waals surface area contributed by atoms with Gasteiger partial charge in [-0.1, -0.05) is 42.7 Å². The van der Waals surface area contributed by atoms with Crippen LogP contribution < -0.4 is 0 Å². The van der Waals surface area contributed by atoms with Gasteiger partial charge in [-0.15, -0.1) is 0 Å². The molecule has 0 bridgehead atoms. The highest BCUT2D eigenvalue weighted by atomic mass is 16.3. The molecular weight excluding hydrogens is 336 g/mol. The van der Waals surface area contributed by atoms with Crippen molar-refractivity contribution in [1.82, 2.24) is 9.80 Å². The Morgan fingerprint density at radius 2 is 1.67 bits per heavy atom. The second-order valence-corrected chi connectivity index (χ2v) is 9.08. The van der Waals surface area contributed by atoms with Gasteiger partial charge >= 0.3 is 0 Å². The van der Waals surface area contributed by atoms with Gasteiger partial charge in [-0.3, -0.25) is 4.79 Å². The van der Waals surface area contributed by atoms with Crippen LogP contribution >= 0.6 is 0 Å². The van der Waals surface area contributed by atoms with E-state index >= 15 is 0 Å². The summed E-state index contributed by atoms with van der Waals surface area (Å²) < 4.78 is 0. The first kappa shape index (κ1) is 18.9. The molecule has 27 heavy (non-hydrogen) atoms. The van der Waals surface area contributed by atoms with Crippen molar-refractivity contribution in [3.63, 3.8) is 0 Å². The van der Waals surface area contributed by atoms with E-state index in [-0.39, 0.29) is 17.9 Å². The molecule has 1 aromatic rings. The lowest BCUT2D eigenvalue weighted by Crippen LogP contribution is -2.39. The number of hydrogen-bond acceptors (Lipinski definition) is 3. The molecular formula is C23H34N2O2. The predicted molar refractivity (Wildman–Crippen MR) is 108 cm³/mol. The van der Waals surface area contributed by atoms with Crippen LogP contribution in [0.4, 0.5) is 0 Å². The number of carbonyl (C=O) groups excluding carboxylic acids is 1. The summed E-state index contributed by atoms with van der Waals surface area (Å²) in [4.78, 5) is 18.0. The monoisotopic (exact) mass is 370 g/mol. The SMILES string of the molecule is Cc1ccc(C2(C(=O)N3C[C@@H](CN4CCCCCC4)[C@@H](CO)C3)CC2)cc1. The number of amides is 1. The molecule has 0 spiro atoms. The van der Waals surface area contributed by atoms with Crippen LogP contribution in [-0.2, 0) is 10.2 Å². The van der Waals surface area contributed by atoms with Gasteiger partial charge < -0.3 is 14.9 Å². The van der Waals surface area contributed by atoms with Gasteiger partial charge in [0, 0.05) is 32.2 Å². The Hall–Kier alpha value is -1.39. The van der Waals surface area contributed by atoms with E-state index in [1.54, 1.807) is 0 Å². The molecule has 4 heteroatoms. The Kier molecular flexibility index (Phi) is 5.56. The van der Waals surface area contributed by atoms with Gasteiger partial charge in [-0.2, -0.15) is 0 Å². The van der Waals surface area contributed by atoms with Gasteiger partial charge in [-0.25, -0.2) is 0 Å². The minimum Gasteiger partial charge on any atom is -0.396 e. The second kappa shape index (κ2) is 7.92. The highest BCUT2D eigenvalue weighted by Crippen LogP contribution is 2.50. The summed E-state index contributed by atoms with van der Waals surface area (Å²) in [6.07, 6.45) is 7.19. The van der Waals surface area contributed by atoms with Crippen LogP contribution in [0.2, 0.25) is 0 Å². The second-order valence-electron chi connectivity index (χ2n) is 9.08. The van der Waals surface area contributed by atoms with Crippen molar-refractivity contribution >= 4 is 5.91 Å². The van der Waals surface area contributed by atoms with Crippen molar-refractivity contribution in [2.24, 2.45) is 11.8 Å². The van der Waals surface area contributed by atoms with Gasteiger partial charge in [0.05, 0.1) is 5.41 Å². The molecule has 1 N–H and O–H groups in total. The summed E-state index contributed by atoms with van der Waals surface area (Å²) in [6, 6.07) is 8.50. The largest absolute Gasteiger partial charge is 0.396 e. The highest BCUT2D eigenvalue weighted by Gasteiger charge is 2.54. The van der Waals surface area contributed by atoms with Gasteiger partial charge in [0.2, 0.25) is 5.91 Å². The van der Waals surface area contributed by atoms with E-state index in [1.165, 1.54) is 49.9 Å². The van der Waals surface area contributed by atoms with E-state index < -0.39 is 0 Å². The molecule has 0 unspecified atom stereocenters. The molecule has 148 valence electrons. The maximum absolute atomic E-state index is 13.4. The Morgan fingerprint density at radius 1 is 1.04 bits per heavy atom. The quantitative estimate of drug-likeness (QED) is 0.867. The zero-order valence-corrected chi connectivity index (χ0v) is 16.7. The summed E-state index contributed by atoms with van der Waals surface area (Å²) in [5.41, 5.74) is 2.13. The molecule has 3 aliphatic rings. The highest BCUT2D eigenvalue weighted by molar-refractivity contribution is 5.91. The molecule has 2 aliphatic heterocycles. The maximum atomic E-state index is 13.4. The van der Waals surface area contributed by atoms with Crippen LogP contribution in [0.15, 0.2) is 24.3 Å². The van der Waals surface area contributed by atoms with Gasteiger partial charge in [-0.05, 0) is 57.2 Å². The van der Waals surface area contributed by atoms with Gasteiger partial charge in [0.15, 0.2) is 0 Å². The van der Waals surface area contributed by atoms with E-state index in [2.05, 4.69) is 41.0 Å². The Labute approximate surface area is 163 Å². The Morgan fingerprint density at radius 3 is 2.26 bits per heavy atom. The summed E-state index contributed by atoms with van der Waals surface area (Å²) in [7, 11) is 0. The van der Waals surface area contributed by atoms with Crippen LogP contribution in [0.5, 0.6) is 0 Å². The molecule has 0 radical (unpaired) electrons. The number of hydrogen-bond donors (Lipinski definition) is 1. The van der Waals surface area contributed by atoms with E-state index in [0.717, 1.165) is 32.5 Å². The molecule has 1 aromatic carbocycles. The first-order chi connectivity index (χ1) is 13.1. The molecule has 2 heterocycles. The van der Waals surface area contributed by atoms with E-state index in [0.29, 0.717) is 11.8 Å². The fourth-order valence-electron chi connectivity index (χ4n) is 5.09. The zero-order chi connectivity index (χ0) is 18.9. The van der Waals surface area contributed by atoms with E-state index in [1.807, 2.05) is 0 Å². The fraction of sp³-hybridized carbons (Fsp3) is 0.696. The standard InChI is InChI=1S/C23H34N2O2/c1-18-6-8-21(9-7-18)23(10-11-23)22(27)25-15-19(20(16-25)17-26)14-24-12-4-2-3-5-13-24/h6-9,19-20,26H,2-5,10-17H2,1H3/t19-,20-/m1/s1. The molecule has 1 saturated carbocycles. The van der Waals surface area contributed by atoms with Crippen molar-refractivity contribution in [2.45, 2.75) is 50.9 Å². The van der Waals surface area contributed by atoms with Crippen molar-refractivity contribution in [3.05, 3.63) is 35.4 Å². The molecule has 4 nitrogen and oxygen atoms in total. The summed E-state index contributed by atoms with van der Waals surface area (Å²) in [5, 5.41) is 9.93. The third-order valence-electron chi connectivity index (χ3n) is 7.05. The Bertz CT molecular complexity index is 645. The van der Waals surface area contributed by atoms with Gasteiger partial charge in [0.25, 0.3) is 0 Å². The topological polar surface area (TPSA) is 43.8 Å². The predicted octanol–water partition coefficient (Wildman–Crippen LogP) is 2.97. The molecule has 1 amide bonds. The Balaban J connectivity index is 1.43. The van der Waals surface area contributed by atoms with Gasteiger partial charge in [0.1, 0.15) is 0 Å². The van der Waals surface area contributed by atoms with E-state index in [4.69, 9.17) is 0 Å². The third-order valence-corrected chi connectivity index (χ3v) is 7.05. The van der Waals surface area contributed by atoms with Crippen LogP contribution in [0.3, 0.4) is 0 Å². The summed E-state index contributed by atoms with van der Waals surface area (Å²) in [6.45, 7) is 7.21. The first-order valence-electron chi connectivity index (χ1n) is 10.8. The van der Waals surface area contributed by atoms with Crippen LogP contribution in [0.25, 0.3) is 0 Å². The smallest absolute Gasteiger partial charge is 0.233 e. The molecule has 2 atom stereocenters. The van der Waals surface area contributed by atoms with Crippen molar-refractivity contribution in [2.75, 3.05) is 39.3 Å². The number of aliphatic hydroxyl groups is 1. The lowest BCUT2D eigenvalue weighted by molar-refractivity contribution is -0.133. The molecule has 4 rings (SSSR count). The number of aliphatic hydroxyl groups excluding tert-OH is 1. The fourth-order valence-corrected chi connectivity index (χ4v) is 5.09. The van der Waals surface area contributed by atoms with E-state index in [9.17, 15) is 9.90 Å². The normalized spacial score (nSPS) is 28.1. The average molecular weight is 371 g/mol. The molecule has 1 aliphatic carbocycles. The lowest BCUT2D eigenvalue weighted by atomic mass is 9.93. The van der Waals surface area contributed by atoms with Crippen LogP contribution in [0, 0.1) is 18.8 Å². The average Bonchev–Trinajstić information content (AvgIpc) is 3.43. The summed E-state index contributed by atoms with van der Waals surface area (Å²) >= 11 is 0. The minimum atomic E-state index is -0.287. The summed E-state index contributed by atoms with van der Waals surface area (Å²) in [5.74, 6) is 0.931. The van der Waals surface area contributed by atoms with Crippen molar-refractivity contribution in [3.8, 4) is 0 Å². The van der Waals surface area contributed by atoms with Crippen molar-refractivity contribution in [1.29, 1.82) is 0 Å². The number of carbonyl (C=O) groups is 1. The maximum Gasteiger partial charge on any atom is 0.233 e. The molecule has 3 fully saturated rings. The first-order valence-corrected chi connectivity index (χ1v) is 10.8. The number of benzene rings is 1. The van der Waals surface area contributed by atoms with Crippen LogP contribution in [-0.4, -0.2) is 60.1 Å². The third kappa shape index (κ3) is 3.93. The molecule has 0 aromatic heterocycles. The van der Waals surface area contributed by atoms with Crippen LogP contribution in [0.1, 0.15) is 49.7 Å². The number of rotatable bonds is 5. The number of nitrogens with zero attached hydrogens (tertiary/aromatic N) is 2. The lowest BCUT2D eigenvalue weighted by Gasteiger charge is -2.26. The number of aryl methyl sites for hydroxylation is 1. The number of likely N-dealkylation sites (tertiary alicyclic amines) is 2.